The van der Waals surface area contributed by atoms with Crippen LogP contribution < -0.4 is 5.32 Å². The molecule has 1 aliphatic heterocycles. The van der Waals surface area contributed by atoms with E-state index >= 15 is 0 Å². The molecule has 124 valence electrons. The summed E-state index contributed by atoms with van der Waals surface area (Å²) in [5.41, 5.74) is 0. The lowest BCUT2D eigenvalue weighted by molar-refractivity contribution is 0.00286. The van der Waals surface area contributed by atoms with Gasteiger partial charge in [-0.2, -0.15) is 0 Å². The monoisotopic (exact) mass is 296 g/mol. The van der Waals surface area contributed by atoms with Crippen LogP contribution in [0.3, 0.4) is 0 Å². The molecule has 21 heavy (non-hydrogen) atoms. The Bertz CT molecular complexity index is 291. The smallest absolute Gasteiger partial charge is 0.0615 e. The first-order chi connectivity index (χ1) is 10.2. The summed E-state index contributed by atoms with van der Waals surface area (Å²) in [4.78, 5) is 2.77. The van der Waals surface area contributed by atoms with Crippen LogP contribution in [-0.4, -0.2) is 49.8 Å². The molecule has 1 saturated heterocycles. The lowest BCUT2D eigenvalue weighted by Gasteiger charge is -2.48. The maximum absolute atomic E-state index is 5.45. The van der Waals surface area contributed by atoms with Crippen LogP contribution in [0.2, 0.25) is 0 Å². The van der Waals surface area contributed by atoms with Crippen molar-refractivity contribution >= 4 is 0 Å². The zero-order valence-corrected chi connectivity index (χ0v) is 14.6. The number of nitrogens with zero attached hydrogens (tertiary/aromatic N) is 1. The fraction of sp³-hybridized carbons (Fsp3) is 1.00. The van der Waals surface area contributed by atoms with Crippen LogP contribution in [-0.2, 0) is 4.74 Å². The highest BCUT2D eigenvalue weighted by molar-refractivity contribution is 4.94. The Labute approximate surface area is 131 Å². The van der Waals surface area contributed by atoms with E-state index in [4.69, 9.17) is 4.74 Å². The van der Waals surface area contributed by atoms with Crippen molar-refractivity contribution in [3.63, 3.8) is 0 Å². The molecule has 3 nitrogen and oxygen atoms in total. The Morgan fingerprint density at radius 2 is 1.90 bits per heavy atom. The van der Waals surface area contributed by atoms with Crippen LogP contribution in [0.4, 0.5) is 0 Å². The lowest BCUT2D eigenvalue weighted by Crippen LogP contribution is -2.63. The van der Waals surface area contributed by atoms with Crippen molar-refractivity contribution in [2.45, 2.75) is 77.4 Å². The number of nitrogens with one attached hydrogen (secondary N) is 1. The lowest BCUT2D eigenvalue weighted by atomic mass is 9.81. The number of hydrogen-bond donors (Lipinski definition) is 1. The Morgan fingerprint density at radius 3 is 2.52 bits per heavy atom. The molecule has 4 atom stereocenters. The molecule has 2 aliphatic rings. The van der Waals surface area contributed by atoms with Crippen LogP contribution in [0.5, 0.6) is 0 Å². The Morgan fingerprint density at radius 1 is 1.19 bits per heavy atom. The molecule has 1 N–H and O–H groups in total. The zero-order valence-electron chi connectivity index (χ0n) is 14.6. The summed E-state index contributed by atoms with van der Waals surface area (Å²) in [5.74, 6) is 1.65. The molecule has 3 heteroatoms. The van der Waals surface area contributed by atoms with E-state index in [1.165, 1.54) is 51.6 Å². The van der Waals surface area contributed by atoms with Crippen molar-refractivity contribution < 1.29 is 4.74 Å². The molecule has 0 aromatic heterocycles. The van der Waals surface area contributed by atoms with Gasteiger partial charge in [0, 0.05) is 38.3 Å². The van der Waals surface area contributed by atoms with Gasteiger partial charge in [-0.1, -0.05) is 39.5 Å². The van der Waals surface area contributed by atoms with Gasteiger partial charge in [0.1, 0.15) is 0 Å². The zero-order chi connectivity index (χ0) is 15.2. The maximum atomic E-state index is 5.45. The average molecular weight is 296 g/mol. The summed E-state index contributed by atoms with van der Waals surface area (Å²) in [6.07, 6.45) is 8.43. The molecule has 4 unspecified atom stereocenters. The molecule has 0 bridgehead atoms. The van der Waals surface area contributed by atoms with Crippen LogP contribution in [0, 0.1) is 11.8 Å². The van der Waals surface area contributed by atoms with Crippen LogP contribution in [0.1, 0.15) is 59.3 Å². The first-order valence-electron chi connectivity index (χ1n) is 9.15. The molecule has 0 radical (unpaired) electrons. The molecule has 2 rings (SSSR count). The van der Waals surface area contributed by atoms with Gasteiger partial charge in [0.2, 0.25) is 0 Å². The Balaban J connectivity index is 2.03. The largest absolute Gasteiger partial charge is 0.383 e. The molecular formula is C18H36N2O. The number of piperazine rings is 1. The number of ether oxygens (including phenoxy) is 1. The van der Waals surface area contributed by atoms with E-state index in [2.05, 4.69) is 31.0 Å². The first-order valence-corrected chi connectivity index (χ1v) is 9.15. The highest BCUT2D eigenvalue weighted by atomic mass is 16.5. The van der Waals surface area contributed by atoms with Gasteiger partial charge in [0.05, 0.1) is 6.61 Å². The third kappa shape index (κ3) is 4.43. The normalized spacial score (nSPS) is 32.0. The Hall–Kier alpha value is -0.120. The van der Waals surface area contributed by atoms with E-state index in [1.54, 1.807) is 0 Å². The van der Waals surface area contributed by atoms with Crippen LogP contribution in [0.25, 0.3) is 0 Å². The molecule has 0 spiro atoms. The molecule has 2 fully saturated rings. The standard InChI is InChI=1S/C18H36N2O/c1-5-14(2)17-12-20(15(3)13-21-4)18(11-19-17)16-9-7-6-8-10-16/h14-19H,5-13H2,1-4H3. The molecule has 0 aromatic rings. The number of rotatable bonds is 6. The fourth-order valence-corrected chi connectivity index (χ4v) is 4.28. The van der Waals surface area contributed by atoms with Crippen LogP contribution in [0.15, 0.2) is 0 Å². The first kappa shape index (κ1) is 17.2. The molecule has 1 aliphatic carbocycles. The highest BCUT2D eigenvalue weighted by Crippen LogP contribution is 2.32. The summed E-state index contributed by atoms with van der Waals surface area (Å²) in [5, 5.41) is 3.86. The predicted molar refractivity (Wildman–Crippen MR) is 89.7 cm³/mol. The minimum absolute atomic E-state index is 0.538. The fourth-order valence-electron chi connectivity index (χ4n) is 4.28. The second-order valence-electron chi connectivity index (χ2n) is 7.37. The highest BCUT2D eigenvalue weighted by Gasteiger charge is 2.37. The third-order valence-corrected chi connectivity index (χ3v) is 5.92. The van der Waals surface area contributed by atoms with Gasteiger partial charge in [0.25, 0.3) is 0 Å². The predicted octanol–water partition coefficient (Wildman–Crippen LogP) is 3.29. The van der Waals surface area contributed by atoms with Gasteiger partial charge in [-0.3, -0.25) is 4.90 Å². The van der Waals surface area contributed by atoms with E-state index in [0.717, 1.165) is 24.5 Å². The van der Waals surface area contributed by atoms with E-state index < -0.39 is 0 Å². The average Bonchev–Trinajstić information content (AvgIpc) is 2.54. The van der Waals surface area contributed by atoms with Gasteiger partial charge in [-0.15, -0.1) is 0 Å². The summed E-state index contributed by atoms with van der Waals surface area (Å²) in [7, 11) is 1.83. The second-order valence-corrected chi connectivity index (χ2v) is 7.37. The van der Waals surface area contributed by atoms with Crippen molar-refractivity contribution in [2.24, 2.45) is 11.8 Å². The molecular weight excluding hydrogens is 260 g/mol. The van der Waals surface area contributed by atoms with E-state index in [9.17, 15) is 0 Å². The van der Waals surface area contributed by atoms with Gasteiger partial charge < -0.3 is 10.1 Å². The van der Waals surface area contributed by atoms with Crippen LogP contribution >= 0.6 is 0 Å². The van der Waals surface area contributed by atoms with Gasteiger partial charge in [0.15, 0.2) is 0 Å². The number of hydrogen-bond acceptors (Lipinski definition) is 3. The maximum Gasteiger partial charge on any atom is 0.0615 e. The quantitative estimate of drug-likeness (QED) is 0.814. The summed E-state index contributed by atoms with van der Waals surface area (Å²) in [6.45, 7) is 10.3. The topological polar surface area (TPSA) is 24.5 Å². The molecule has 1 heterocycles. The third-order valence-electron chi connectivity index (χ3n) is 5.92. The van der Waals surface area contributed by atoms with Gasteiger partial charge in [-0.05, 0) is 31.6 Å². The molecule has 0 amide bonds. The molecule has 0 aromatic carbocycles. The van der Waals surface area contributed by atoms with Gasteiger partial charge in [-0.25, -0.2) is 0 Å². The van der Waals surface area contributed by atoms with Crippen molar-refractivity contribution in [2.75, 3.05) is 26.8 Å². The summed E-state index contributed by atoms with van der Waals surface area (Å²) in [6, 6.07) is 1.90. The Kier molecular flexibility index (Phi) is 6.97. The number of methoxy groups -OCH3 is 1. The van der Waals surface area contributed by atoms with Crippen molar-refractivity contribution in [3.05, 3.63) is 0 Å². The minimum Gasteiger partial charge on any atom is -0.383 e. The van der Waals surface area contributed by atoms with E-state index in [1.807, 2.05) is 7.11 Å². The van der Waals surface area contributed by atoms with E-state index in [-0.39, 0.29) is 0 Å². The van der Waals surface area contributed by atoms with Gasteiger partial charge >= 0.3 is 0 Å². The summed E-state index contributed by atoms with van der Waals surface area (Å²) >= 11 is 0. The second kappa shape index (κ2) is 8.50. The molecule has 1 saturated carbocycles. The van der Waals surface area contributed by atoms with Crippen molar-refractivity contribution in [1.29, 1.82) is 0 Å². The van der Waals surface area contributed by atoms with Crippen molar-refractivity contribution in [1.82, 2.24) is 10.2 Å². The van der Waals surface area contributed by atoms with Crippen molar-refractivity contribution in [3.8, 4) is 0 Å². The SMILES string of the molecule is CCC(C)C1CN(C(C)COC)C(C2CCCCC2)CN1. The minimum atomic E-state index is 0.538. The van der Waals surface area contributed by atoms with E-state index in [0.29, 0.717) is 12.1 Å². The summed E-state index contributed by atoms with van der Waals surface area (Å²) < 4.78 is 5.45.